The van der Waals surface area contributed by atoms with E-state index in [0.717, 1.165) is 71.1 Å². The van der Waals surface area contributed by atoms with Crippen LogP contribution in [0.25, 0.3) is 0 Å². The molecule has 0 bridgehead atoms. The summed E-state index contributed by atoms with van der Waals surface area (Å²) in [6.07, 6.45) is 6.91. The van der Waals surface area contributed by atoms with Gasteiger partial charge in [-0.1, -0.05) is 0 Å². The molecule has 3 heterocycles. The van der Waals surface area contributed by atoms with Crippen LogP contribution in [0.2, 0.25) is 0 Å². The zero-order valence-corrected chi connectivity index (χ0v) is 15.7. The van der Waals surface area contributed by atoms with Crippen molar-refractivity contribution in [3.63, 3.8) is 0 Å². The molecule has 7 nitrogen and oxygen atoms in total. The number of carbonyl (C=O) groups is 2. The fourth-order valence-electron chi connectivity index (χ4n) is 5.93. The second-order valence-corrected chi connectivity index (χ2v) is 8.76. The zero-order valence-electron chi connectivity index (χ0n) is 15.7. The minimum Gasteiger partial charge on any atom is -0.465 e. The predicted octanol–water partition coefficient (Wildman–Crippen LogP) is 2.46. The van der Waals surface area contributed by atoms with Crippen molar-refractivity contribution in [2.75, 3.05) is 39.8 Å². The Morgan fingerprint density at radius 1 is 1.08 bits per heavy atom. The highest BCUT2D eigenvalue weighted by atomic mass is 16.5. The van der Waals surface area contributed by atoms with Crippen LogP contribution < -0.4 is 0 Å². The number of hydrogen-bond acceptors (Lipinski definition) is 4. The molecule has 146 valence electrons. The van der Waals surface area contributed by atoms with Crippen molar-refractivity contribution in [3.8, 4) is 0 Å². The molecule has 0 radical (unpaired) electrons. The number of likely N-dealkylation sites (tertiary alicyclic amines) is 3. The highest BCUT2D eigenvalue weighted by Crippen LogP contribution is 2.50. The lowest BCUT2D eigenvalue weighted by molar-refractivity contribution is -0.0149. The second-order valence-electron chi connectivity index (χ2n) is 8.76. The summed E-state index contributed by atoms with van der Waals surface area (Å²) in [6.45, 7) is 4.49. The highest BCUT2D eigenvalue weighted by molar-refractivity contribution is 5.68. The molecule has 1 N–H and O–H groups in total. The van der Waals surface area contributed by atoms with Gasteiger partial charge in [-0.25, -0.2) is 9.59 Å². The van der Waals surface area contributed by atoms with Crippen LogP contribution in [0.4, 0.5) is 9.59 Å². The molecular formula is C19H31N3O4. The number of methoxy groups -OCH3 is 1. The average Bonchev–Trinajstić information content (AvgIpc) is 3.27. The van der Waals surface area contributed by atoms with Crippen molar-refractivity contribution in [3.05, 3.63) is 0 Å². The quantitative estimate of drug-likeness (QED) is 0.814. The lowest BCUT2D eigenvalue weighted by Gasteiger charge is -2.52. The van der Waals surface area contributed by atoms with E-state index in [2.05, 4.69) is 4.90 Å². The molecule has 0 aromatic carbocycles. The van der Waals surface area contributed by atoms with E-state index in [4.69, 9.17) is 9.84 Å². The number of rotatable bonds is 2. The van der Waals surface area contributed by atoms with Gasteiger partial charge in [0.25, 0.3) is 0 Å². The highest BCUT2D eigenvalue weighted by Gasteiger charge is 2.51. The number of nitrogens with zero attached hydrogens (tertiary/aromatic N) is 3. The number of piperidine rings is 1. The fourth-order valence-corrected chi connectivity index (χ4v) is 5.93. The van der Waals surface area contributed by atoms with Gasteiger partial charge in [-0.15, -0.1) is 0 Å². The number of ether oxygens (including phenoxy) is 1. The molecule has 1 saturated carbocycles. The molecule has 1 spiro atoms. The van der Waals surface area contributed by atoms with Gasteiger partial charge in [0.2, 0.25) is 0 Å². The van der Waals surface area contributed by atoms with Crippen LogP contribution in [0, 0.1) is 11.3 Å². The van der Waals surface area contributed by atoms with E-state index in [9.17, 15) is 9.59 Å². The van der Waals surface area contributed by atoms with Gasteiger partial charge in [0.15, 0.2) is 0 Å². The summed E-state index contributed by atoms with van der Waals surface area (Å²) in [7, 11) is 1.47. The number of carboxylic acid groups (broad SMARTS) is 1. The Kier molecular flexibility index (Phi) is 4.75. The average molecular weight is 365 g/mol. The maximum Gasteiger partial charge on any atom is 0.409 e. The minimum atomic E-state index is -0.766. The number of amides is 2. The molecule has 4 rings (SSSR count). The molecule has 3 saturated heterocycles. The van der Waals surface area contributed by atoms with Gasteiger partial charge < -0.3 is 24.5 Å². The Bertz CT molecular complexity index is 555. The zero-order chi connectivity index (χ0) is 18.3. The van der Waals surface area contributed by atoms with Crippen LogP contribution in [-0.2, 0) is 4.74 Å². The first kappa shape index (κ1) is 17.9. The molecule has 26 heavy (non-hydrogen) atoms. The van der Waals surface area contributed by atoms with Crippen molar-refractivity contribution < 1.29 is 19.4 Å². The third kappa shape index (κ3) is 3.15. The molecule has 4 fully saturated rings. The summed E-state index contributed by atoms with van der Waals surface area (Å²) >= 11 is 0. The minimum absolute atomic E-state index is 0.167. The molecule has 2 amide bonds. The monoisotopic (exact) mass is 365 g/mol. The van der Waals surface area contributed by atoms with Crippen LogP contribution >= 0.6 is 0 Å². The maximum atomic E-state index is 12.0. The summed E-state index contributed by atoms with van der Waals surface area (Å²) in [5.74, 6) is 0.593. The second kappa shape index (κ2) is 6.91. The first-order chi connectivity index (χ1) is 12.5. The molecule has 0 aromatic rings. The Morgan fingerprint density at radius 3 is 2.42 bits per heavy atom. The van der Waals surface area contributed by atoms with Gasteiger partial charge in [0, 0.05) is 31.7 Å². The van der Waals surface area contributed by atoms with E-state index in [1.54, 1.807) is 4.90 Å². The van der Waals surface area contributed by atoms with Gasteiger partial charge in [-0.2, -0.15) is 0 Å². The normalized spacial score (nSPS) is 35.7. The summed E-state index contributed by atoms with van der Waals surface area (Å²) in [5, 5.41) is 9.17. The molecule has 7 heteroatoms. The molecular weight excluding hydrogens is 334 g/mol. The first-order valence-corrected chi connectivity index (χ1v) is 10.1. The van der Waals surface area contributed by atoms with E-state index in [-0.39, 0.29) is 11.5 Å². The number of hydrogen-bond donors (Lipinski definition) is 1. The van der Waals surface area contributed by atoms with Gasteiger partial charge in [-0.05, 0) is 69.4 Å². The molecule has 1 aliphatic carbocycles. The van der Waals surface area contributed by atoms with E-state index in [1.165, 1.54) is 7.11 Å². The standard InChI is InChI=1S/C19H31N3O4/c1-26-18(25)22-7-2-3-16(22)14-4-8-20(9-5-14)15-11-19(12-15)6-10-21(13-19)17(23)24/h14-16H,2-13H2,1H3,(H,23,24)/t15?,16-,19?/m1/s1. The third-order valence-corrected chi connectivity index (χ3v) is 7.39. The lowest BCUT2D eigenvalue weighted by atomic mass is 9.64. The van der Waals surface area contributed by atoms with E-state index in [1.807, 2.05) is 4.90 Å². The fraction of sp³-hybridized carbons (Fsp3) is 0.895. The third-order valence-electron chi connectivity index (χ3n) is 7.39. The number of carbonyl (C=O) groups excluding carboxylic acids is 1. The van der Waals surface area contributed by atoms with E-state index < -0.39 is 6.09 Å². The Balaban J connectivity index is 1.25. The topological polar surface area (TPSA) is 73.3 Å². The molecule has 0 aromatic heterocycles. The maximum absolute atomic E-state index is 12.0. The first-order valence-electron chi connectivity index (χ1n) is 10.1. The largest absolute Gasteiger partial charge is 0.465 e. The van der Waals surface area contributed by atoms with E-state index in [0.29, 0.717) is 24.5 Å². The molecule has 4 aliphatic rings. The summed E-state index contributed by atoms with van der Waals surface area (Å²) < 4.78 is 4.95. The van der Waals surface area contributed by atoms with Gasteiger partial charge >= 0.3 is 12.2 Å². The van der Waals surface area contributed by atoms with Crippen LogP contribution in [-0.4, -0.2) is 83.9 Å². The van der Waals surface area contributed by atoms with Crippen LogP contribution in [0.5, 0.6) is 0 Å². The van der Waals surface area contributed by atoms with Crippen molar-refractivity contribution >= 4 is 12.2 Å². The molecule has 1 atom stereocenters. The van der Waals surface area contributed by atoms with Crippen molar-refractivity contribution in [1.29, 1.82) is 0 Å². The Hall–Kier alpha value is -1.50. The Morgan fingerprint density at radius 2 is 1.81 bits per heavy atom. The van der Waals surface area contributed by atoms with Crippen molar-refractivity contribution in [1.82, 2.24) is 14.7 Å². The van der Waals surface area contributed by atoms with Crippen molar-refractivity contribution in [2.24, 2.45) is 11.3 Å². The van der Waals surface area contributed by atoms with Crippen LogP contribution in [0.1, 0.15) is 44.9 Å². The van der Waals surface area contributed by atoms with Crippen LogP contribution in [0.15, 0.2) is 0 Å². The van der Waals surface area contributed by atoms with Gasteiger partial charge in [0.05, 0.1) is 7.11 Å². The molecule has 3 aliphatic heterocycles. The van der Waals surface area contributed by atoms with Gasteiger partial charge in [0.1, 0.15) is 0 Å². The predicted molar refractivity (Wildman–Crippen MR) is 96.1 cm³/mol. The van der Waals surface area contributed by atoms with Crippen LogP contribution in [0.3, 0.4) is 0 Å². The molecule has 0 unspecified atom stereocenters. The summed E-state index contributed by atoms with van der Waals surface area (Å²) in [4.78, 5) is 29.3. The van der Waals surface area contributed by atoms with Crippen molar-refractivity contribution in [2.45, 2.75) is 57.0 Å². The summed E-state index contributed by atoms with van der Waals surface area (Å²) in [6, 6.07) is 0.987. The smallest absolute Gasteiger partial charge is 0.409 e. The SMILES string of the molecule is COC(=O)N1CCC[C@@H]1C1CCN(C2CC3(CCN(C(=O)O)C3)C2)CC1. The van der Waals surface area contributed by atoms with Gasteiger partial charge in [-0.3, -0.25) is 0 Å². The van der Waals surface area contributed by atoms with E-state index >= 15 is 0 Å². The lowest BCUT2D eigenvalue weighted by Crippen LogP contribution is -2.55. The Labute approximate surface area is 155 Å². The summed E-state index contributed by atoms with van der Waals surface area (Å²) in [5.41, 5.74) is 0.257.